The Balaban J connectivity index is 2.34. The summed E-state index contributed by atoms with van der Waals surface area (Å²) in [5.41, 5.74) is 14.4. The van der Waals surface area contributed by atoms with Gasteiger partial charge in [-0.15, -0.1) is 0 Å². The minimum Gasteiger partial charge on any atom is -0.504 e. The summed E-state index contributed by atoms with van der Waals surface area (Å²) in [4.78, 5) is 0. The van der Waals surface area contributed by atoms with Gasteiger partial charge < -0.3 is 19.7 Å². The molecule has 0 aliphatic heterocycles. The number of ether oxygens (including phenoxy) is 2. The van der Waals surface area contributed by atoms with Crippen LogP contribution in [-0.2, 0) is 6.42 Å². The van der Waals surface area contributed by atoms with Crippen molar-refractivity contribution in [3.8, 4) is 23.0 Å². The van der Waals surface area contributed by atoms with E-state index >= 15 is 0 Å². The van der Waals surface area contributed by atoms with Gasteiger partial charge in [0.1, 0.15) is 0 Å². The Kier molecular flexibility index (Phi) is 27.1. The maximum atomic E-state index is 10.7. The second-order valence-electron chi connectivity index (χ2n) is 17.1. The van der Waals surface area contributed by atoms with Crippen molar-refractivity contribution in [1.82, 2.24) is 0 Å². The third-order valence-corrected chi connectivity index (χ3v) is 11.1. The van der Waals surface area contributed by atoms with Crippen LogP contribution in [0.3, 0.4) is 0 Å². The van der Waals surface area contributed by atoms with E-state index in [0.29, 0.717) is 17.5 Å². The van der Waals surface area contributed by atoms with Crippen LogP contribution in [0.15, 0.2) is 105 Å². The molecule has 2 N–H and O–H groups in total. The van der Waals surface area contributed by atoms with Gasteiger partial charge in [0.15, 0.2) is 11.5 Å². The Morgan fingerprint density at radius 1 is 0.379 bits per heavy atom. The van der Waals surface area contributed by atoms with Crippen LogP contribution >= 0.6 is 0 Å². The van der Waals surface area contributed by atoms with E-state index in [9.17, 15) is 10.2 Å². The van der Waals surface area contributed by atoms with E-state index in [4.69, 9.17) is 9.47 Å². The number of methoxy groups -OCH3 is 2. The minimum atomic E-state index is 0.00647. The zero-order valence-corrected chi connectivity index (χ0v) is 39.4. The molecule has 0 heterocycles. The predicted molar refractivity (Wildman–Crippen MR) is 255 cm³/mol. The lowest BCUT2D eigenvalue weighted by atomic mass is 9.99. The van der Waals surface area contributed by atoms with Crippen LogP contribution < -0.4 is 9.47 Å². The molecule has 0 atom stereocenters. The number of hydrogen-bond donors (Lipinski definition) is 2. The molecule has 1 rings (SSSR count). The SMILES string of the molecule is COc1c(O)c(C)c(C/C=C(\C)CC/C=C(\C)CC/C=C(\C)CC/C=C(\C)CC/C=C(\C)CC/C=C(/C)CC/C=C(\C)CC/C=C(\C)CCC=C(C)C)c(O)c1OC. The van der Waals surface area contributed by atoms with Gasteiger partial charge in [0.05, 0.1) is 14.2 Å². The molecule has 0 radical (unpaired) electrons. The van der Waals surface area contributed by atoms with Crippen LogP contribution in [0.4, 0.5) is 0 Å². The van der Waals surface area contributed by atoms with Crippen molar-refractivity contribution in [2.75, 3.05) is 14.2 Å². The fourth-order valence-electron chi connectivity index (χ4n) is 6.98. The van der Waals surface area contributed by atoms with E-state index in [1.807, 2.05) is 0 Å². The van der Waals surface area contributed by atoms with Crippen molar-refractivity contribution in [2.24, 2.45) is 0 Å². The molecule has 0 aliphatic carbocycles. The summed E-state index contributed by atoms with van der Waals surface area (Å²) in [7, 11) is 2.91. The van der Waals surface area contributed by atoms with Crippen LogP contribution in [0.2, 0.25) is 0 Å². The quantitative estimate of drug-likeness (QED) is 0.0655. The highest BCUT2D eigenvalue weighted by molar-refractivity contribution is 5.66. The minimum absolute atomic E-state index is 0.00647. The van der Waals surface area contributed by atoms with Crippen molar-refractivity contribution in [2.45, 2.75) is 185 Å². The van der Waals surface area contributed by atoms with E-state index in [-0.39, 0.29) is 23.0 Å². The van der Waals surface area contributed by atoms with E-state index < -0.39 is 0 Å². The smallest absolute Gasteiger partial charge is 0.207 e. The predicted octanol–water partition coefficient (Wildman–Crippen LogP) is 16.7. The fourth-order valence-corrected chi connectivity index (χ4v) is 6.98. The van der Waals surface area contributed by atoms with Gasteiger partial charge in [-0.05, 0) is 185 Å². The molecule has 0 unspecified atom stereocenters. The van der Waals surface area contributed by atoms with Crippen LogP contribution in [-0.4, -0.2) is 24.4 Å². The molecule has 1 aromatic carbocycles. The second kappa shape index (κ2) is 30.2. The summed E-state index contributed by atoms with van der Waals surface area (Å²) in [6.45, 7) is 24.2. The van der Waals surface area contributed by atoms with Crippen LogP contribution in [0.25, 0.3) is 0 Å². The number of benzene rings is 1. The van der Waals surface area contributed by atoms with Gasteiger partial charge in [0.2, 0.25) is 11.5 Å². The second-order valence-corrected chi connectivity index (χ2v) is 17.1. The number of rotatable bonds is 28. The largest absolute Gasteiger partial charge is 0.504 e. The molecular formula is C54H84O4. The summed E-state index contributed by atoms with van der Waals surface area (Å²) >= 11 is 0. The molecule has 0 amide bonds. The molecule has 0 aromatic heterocycles. The molecule has 0 saturated carbocycles. The van der Waals surface area contributed by atoms with Crippen molar-refractivity contribution < 1.29 is 19.7 Å². The lowest BCUT2D eigenvalue weighted by Crippen LogP contribution is -1.98. The zero-order chi connectivity index (χ0) is 43.5. The van der Waals surface area contributed by atoms with Crippen molar-refractivity contribution in [3.05, 3.63) is 116 Å². The van der Waals surface area contributed by atoms with Crippen LogP contribution in [0.5, 0.6) is 23.0 Å². The number of hydrogen-bond acceptors (Lipinski definition) is 4. The first-order valence-electron chi connectivity index (χ1n) is 22.1. The summed E-state index contributed by atoms with van der Waals surface area (Å²) in [6.07, 6.45) is 39.9. The van der Waals surface area contributed by atoms with Gasteiger partial charge in [-0.3, -0.25) is 0 Å². The molecule has 324 valence electrons. The fraction of sp³-hybridized carbons (Fsp3) is 0.556. The molecule has 0 fully saturated rings. The number of phenols is 2. The van der Waals surface area contributed by atoms with Gasteiger partial charge in [0.25, 0.3) is 0 Å². The van der Waals surface area contributed by atoms with E-state index in [1.165, 1.54) is 83.6 Å². The molecule has 4 nitrogen and oxygen atoms in total. The molecule has 0 spiro atoms. The van der Waals surface area contributed by atoms with Gasteiger partial charge in [0, 0.05) is 11.1 Å². The van der Waals surface area contributed by atoms with Crippen molar-refractivity contribution >= 4 is 0 Å². The average molecular weight is 797 g/mol. The Bertz CT molecular complexity index is 1680. The normalized spacial score (nSPS) is 14.0. The number of phenolic OH excluding ortho intramolecular Hbond substituents is 2. The molecule has 58 heavy (non-hydrogen) atoms. The summed E-state index contributed by atoms with van der Waals surface area (Å²) in [6, 6.07) is 0. The first-order valence-corrected chi connectivity index (χ1v) is 22.1. The topological polar surface area (TPSA) is 58.9 Å². The number of allylic oxidation sites excluding steroid dienone is 18. The molecular weight excluding hydrogens is 713 g/mol. The first kappa shape index (κ1) is 52.1. The first-order chi connectivity index (χ1) is 27.6. The maximum Gasteiger partial charge on any atom is 0.207 e. The highest BCUT2D eigenvalue weighted by Crippen LogP contribution is 2.48. The monoisotopic (exact) mass is 797 g/mol. The molecule has 1 aromatic rings. The summed E-state index contributed by atoms with van der Waals surface area (Å²) in [5, 5.41) is 21.3. The van der Waals surface area contributed by atoms with E-state index in [0.717, 1.165) is 83.5 Å². The standard InChI is InChI=1S/C54H84O4/c1-40(2)22-14-23-41(3)24-15-25-42(4)26-16-27-43(5)28-17-29-44(6)30-18-31-45(7)32-19-33-46(8)34-20-35-47(9)36-21-37-48(10)38-39-50-49(11)51(55)53(57-12)54(58-13)52(50)56/h22,24,26,28,30,32,34,36,38,55-56H,14-21,23,25,27,29,31,33,35,37,39H2,1-13H3/b41-24+,42-26+,43-28-,44-30+,45-32+,46-34+,47-36+,48-38+. The molecule has 0 bridgehead atoms. The van der Waals surface area contributed by atoms with E-state index in [2.05, 4.69) is 124 Å². The Labute approximate surface area is 357 Å². The lowest BCUT2D eigenvalue weighted by Gasteiger charge is -2.17. The maximum absolute atomic E-state index is 10.7. The highest BCUT2D eigenvalue weighted by atomic mass is 16.5. The van der Waals surface area contributed by atoms with Gasteiger partial charge >= 0.3 is 0 Å². The van der Waals surface area contributed by atoms with E-state index in [1.54, 1.807) is 6.92 Å². The lowest BCUT2D eigenvalue weighted by molar-refractivity contribution is 0.314. The Morgan fingerprint density at radius 2 is 0.621 bits per heavy atom. The van der Waals surface area contributed by atoms with Crippen LogP contribution in [0.1, 0.15) is 183 Å². The third kappa shape index (κ3) is 22.9. The van der Waals surface area contributed by atoms with Gasteiger partial charge in [-0.2, -0.15) is 0 Å². The molecule has 0 saturated heterocycles. The molecule has 0 aliphatic rings. The van der Waals surface area contributed by atoms with Crippen molar-refractivity contribution in [1.29, 1.82) is 0 Å². The summed E-state index contributed by atoms with van der Waals surface area (Å²) in [5.74, 6) is 0.356. The van der Waals surface area contributed by atoms with Gasteiger partial charge in [-0.25, -0.2) is 0 Å². The summed E-state index contributed by atoms with van der Waals surface area (Å²) < 4.78 is 10.5. The average Bonchev–Trinajstić information content (AvgIpc) is 3.16. The third-order valence-electron chi connectivity index (χ3n) is 11.1. The molecule has 4 heteroatoms. The highest BCUT2D eigenvalue weighted by Gasteiger charge is 2.22. The van der Waals surface area contributed by atoms with Gasteiger partial charge in [-0.1, -0.05) is 105 Å². The van der Waals surface area contributed by atoms with Crippen molar-refractivity contribution in [3.63, 3.8) is 0 Å². The van der Waals surface area contributed by atoms with Crippen LogP contribution in [0, 0.1) is 6.92 Å². The number of aromatic hydroxyl groups is 2. The Hall–Kier alpha value is -3.92. The Morgan fingerprint density at radius 3 is 0.879 bits per heavy atom. The zero-order valence-electron chi connectivity index (χ0n) is 39.4.